The summed E-state index contributed by atoms with van der Waals surface area (Å²) in [6.45, 7) is 1.88. The van der Waals surface area contributed by atoms with Gasteiger partial charge >= 0.3 is 0 Å². The summed E-state index contributed by atoms with van der Waals surface area (Å²) in [5.74, 6) is 1.08. The normalized spacial score (nSPS) is 10.1. The molecule has 1 aromatic heterocycles. The lowest BCUT2D eigenvalue weighted by Crippen LogP contribution is -1.91. The van der Waals surface area contributed by atoms with Gasteiger partial charge in [-0.3, -0.25) is 10.1 Å². The molecule has 0 atom stereocenters. The van der Waals surface area contributed by atoms with Gasteiger partial charge < -0.3 is 4.74 Å². The van der Waals surface area contributed by atoms with E-state index in [1.807, 2.05) is 13.0 Å². The number of aryl methyl sites for hydroxylation is 1. The number of non-ortho nitro benzene ring substituents is 1. The fraction of sp³-hybridized carbons (Fsp3) is 0.0833. The van der Waals surface area contributed by atoms with Crippen LogP contribution in [0, 0.1) is 17.0 Å². The number of halogens is 1. The summed E-state index contributed by atoms with van der Waals surface area (Å²) in [5, 5.41) is 10.5. The van der Waals surface area contributed by atoms with Gasteiger partial charge in [-0.1, -0.05) is 0 Å². The highest BCUT2D eigenvalue weighted by atomic mass is 79.9. The molecule has 0 fully saturated rings. The molecule has 2 rings (SSSR count). The SMILES string of the molecule is Cc1ccc(Oc2ccc([N+](=O)[O-])cc2)c(Br)n1. The molecular weight excluding hydrogens is 300 g/mol. The average Bonchev–Trinajstić information content (AvgIpc) is 2.33. The Kier molecular flexibility index (Phi) is 3.57. The first-order valence-electron chi connectivity index (χ1n) is 5.12. The molecule has 0 saturated heterocycles. The van der Waals surface area contributed by atoms with Crippen molar-refractivity contribution in [3.05, 3.63) is 56.8 Å². The second-order valence-electron chi connectivity index (χ2n) is 3.59. The first kappa shape index (κ1) is 12.5. The van der Waals surface area contributed by atoms with E-state index >= 15 is 0 Å². The van der Waals surface area contributed by atoms with Gasteiger partial charge in [-0.15, -0.1) is 0 Å². The number of ether oxygens (including phenoxy) is 1. The maximum atomic E-state index is 10.5. The summed E-state index contributed by atoms with van der Waals surface area (Å²) in [4.78, 5) is 14.3. The summed E-state index contributed by atoms with van der Waals surface area (Å²) in [6.07, 6.45) is 0. The minimum absolute atomic E-state index is 0.0310. The molecule has 0 N–H and O–H groups in total. The molecule has 0 radical (unpaired) electrons. The monoisotopic (exact) mass is 308 g/mol. The van der Waals surface area contributed by atoms with Crippen LogP contribution in [0.2, 0.25) is 0 Å². The molecule has 0 aliphatic carbocycles. The molecule has 0 spiro atoms. The van der Waals surface area contributed by atoms with Crippen LogP contribution in [-0.2, 0) is 0 Å². The molecule has 5 nitrogen and oxygen atoms in total. The second-order valence-corrected chi connectivity index (χ2v) is 4.35. The van der Waals surface area contributed by atoms with Crippen molar-refractivity contribution in [1.82, 2.24) is 4.98 Å². The summed E-state index contributed by atoms with van der Waals surface area (Å²) in [6, 6.07) is 9.49. The Morgan fingerprint density at radius 2 is 1.89 bits per heavy atom. The van der Waals surface area contributed by atoms with Crippen molar-refractivity contribution in [1.29, 1.82) is 0 Å². The van der Waals surface area contributed by atoms with E-state index in [0.717, 1.165) is 5.69 Å². The van der Waals surface area contributed by atoms with E-state index in [2.05, 4.69) is 20.9 Å². The maximum absolute atomic E-state index is 10.5. The molecule has 1 aromatic carbocycles. The number of benzene rings is 1. The zero-order chi connectivity index (χ0) is 13.1. The van der Waals surface area contributed by atoms with Crippen LogP contribution in [0.3, 0.4) is 0 Å². The molecule has 18 heavy (non-hydrogen) atoms. The lowest BCUT2D eigenvalue weighted by atomic mass is 10.3. The van der Waals surface area contributed by atoms with Crippen molar-refractivity contribution in [2.24, 2.45) is 0 Å². The van der Waals surface area contributed by atoms with Crippen LogP contribution in [0.1, 0.15) is 5.69 Å². The standard InChI is InChI=1S/C12H9BrN2O3/c1-8-2-7-11(12(13)14-8)18-10-5-3-9(4-6-10)15(16)17/h2-7H,1H3. The predicted molar refractivity (Wildman–Crippen MR) is 69.8 cm³/mol. The molecule has 1 heterocycles. The van der Waals surface area contributed by atoms with E-state index < -0.39 is 4.92 Å². The van der Waals surface area contributed by atoms with E-state index in [1.165, 1.54) is 12.1 Å². The van der Waals surface area contributed by atoms with Crippen LogP contribution < -0.4 is 4.74 Å². The fourth-order valence-corrected chi connectivity index (χ4v) is 1.84. The average molecular weight is 309 g/mol. The fourth-order valence-electron chi connectivity index (χ4n) is 1.35. The van der Waals surface area contributed by atoms with Gasteiger partial charge in [-0.25, -0.2) is 4.98 Å². The molecule has 2 aromatic rings. The van der Waals surface area contributed by atoms with Crippen molar-refractivity contribution >= 4 is 21.6 Å². The quantitative estimate of drug-likeness (QED) is 0.490. The van der Waals surface area contributed by atoms with E-state index in [-0.39, 0.29) is 5.69 Å². The number of rotatable bonds is 3. The molecule has 0 unspecified atom stereocenters. The smallest absolute Gasteiger partial charge is 0.269 e. The van der Waals surface area contributed by atoms with Crippen LogP contribution in [0.4, 0.5) is 5.69 Å². The topological polar surface area (TPSA) is 65.3 Å². The van der Waals surface area contributed by atoms with Gasteiger partial charge in [0.2, 0.25) is 0 Å². The molecule has 0 bridgehead atoms. The number of hydrogen-bond donors (Lipinski definition) is 0. The molecule has 0 saturated carbocycles. The first-order chi connectivity index (χ1) is 8.56. The summed E-state index contributed by atoms with van der Waals surface area (Å²) < 4.78 is 6.16. The number of hydrogen-bond acceptors (Lipinski definition) is 4. The van der Waals surface area contributed by atoms with E-state index in [1.54, 1.807) is 18.2 Å². The number of nitrogens with zero attached hydrogens (tertiary/aromatic N) is 2. The Balaban J connectivity index is 2.21. The Bertz CT molecular complexity index is 584. The highest BCUT2D eigenvalue weighted by molar-refractivity contribution is 9.10. The molecule has 0 aliphatic rings. The lowest BCUT2D eigenvalue weighted by molar-refractivity contribution is -0.384. The van der Waals surface area contributed by atoms with Gasteiger partial charge in [0.05, 0.1) is 4.92 Å². The number of nitro benzene ring substituents is 1. The lowest BCUT2D eigenvalue weighted by Gasteiger charge is -2.07. The van der Waals surface area contributed by atoms with Gasteiger partial charge in [0, 0.05) is 17.8 Å². The van der Waals surface area contributed by atoms with E-state index in [4.69, 9.17) is 4.74 Å². The summed E-state index contributed by atoms with van der Waals surface area (Å²) in [7, 11) is 0. The van der Waals surface area contributed by atoms with Crippen LogP contribution >= 0.6 is 15.9 Å². The minimum atomic E-state index is -0.451. The van der Waals surface area contributed by atoms with Gasteiger partial charge in [0.15, 0.2) is 5.75 Å². The van der Waals surface area contributed by atoms with Gasteiger partial charge in [-0.05, 0) is 47.1 Å². The van der Waals surface area contributed by atoms with Gasteiger partial charge in [-0.2, -0.15) is 0 Å². The highest BCUT2D eigenvalue weighted by Gasteiger charge is 2.07. The molecule has 92 valence electrons. The Labute approximate surface area is 112 Å². The third-order valence-corrected chi connectivity index (χ3v) is 2.80. The van der Waals surface area contributed by atoms with Crippen molar-refractivity contribution in [3.8, 4) is 11.5 Å². The van der Waals surface area contributed by atoms with Crippen molar-refractivity contribution < 1.29 is 9.66 Å². The van der Waals surface area contributed by atoms with Crippen molar-refractivity contribution in [3.63, 3.8) is 0 Å². The summed E-state index contributed by atoms with van der Waals surface area (Å²) >= 11 is 3.30. The van der Waals surface area contributed by atoms with Gasteiger partial charge in [0.25, 0.3) is 5.69 Å². The number of pyridine rings is 1. The van der Waals surface area contributed by atoms with Crippen molar-refractivity contribution in [2.45, 2.75) is 6.92 Å². The maximum Gasteiger partial charge on any atom is 0.269 e. The number of aromatic nitrogens is 1. The molecule has 0 amide bonds. The van der Waals surface area contributed by atoms with Gasteiger partial charge in [0.1, 0.15) is 10.4 Å². The summed E-state index contributed by atoms with van der Waals surface area (Å²) in [5.41, 5.74) is 0.904. The molecule has 0 aliphatic heterocycles. The third-order valence-electron chi connectivity index (χ3n) is 2.23. The Morgan fingerprint density at radius 1 is 1.22 bits per heavy atom. The Morgan fingerprint density at radius 3 is 2.44 bits per heavy atom. The number of nitro groups is 1. The Hall–Kier alpha value is -1.95. The molecule has 6 heteroatoms. The minimum Gasteiger partial charge on any atom is -0.455 e. The predicted octanol–water partition coefficient (Wildman–Crippen LogP) is 3.85. The first-order valence-corrected chi connectivity index (χ1v) is 5.91. The van der Waals surface area contributed by atoms with Crippen LogP contribution in [0.5, 0.6) is 11.5 Å². The van der Waals surface area contributed by atoms with Crippen LogP contribution in [0.25, 0.3) is 0 Å². The van der Waals surface area contributed by atoms with Crippen LogP contribution in [0.15, 0.2) is 41.0 Å². The zero-order valence-corrected chi connectivity index (χ0v) is 11.0. The molecular formula is C12H9BrN2O3. The van der Waals surface area contributed by atoms with Crippen molar-refractivity contribution in [2.75, 3.05) is 0 Å². The highest BCUT2D eigenvalue weighted by Crippen LogP contribution is 2.29. The second kappa shape index (κ2) is 5.14. The van der Waals surface area contributed by atoms with E-state index in [9.17, 15) is 10.1 Å². The van der Waals surface area contributed by atoms with E-state index in [0.29, 0.717) is 16.1 Å². The zero-order valence-electron chi connectivity index (χ0n) is 9.46. The largest absolute Gasteiger partial charge is 0.455 e. The third kappa shape index (κ3) is 2.84. The van der Waals surface area contributed by atoms with Crippen LogP contribution in [-0.4, -0.2) is 9.91 Å².